The SMILES string of the molecule is CCNC(=O)CN(CC)CC(=O)Nc1c(C)nn(C)c1C. The minimum Gasteiger partial charge on any atom is -0.355 e. The van der Waals surface area contributed by atoms with Crippen LogP contribution in [0.5, 0.6) is 0 Å². The van der Waals surface area contributed by atoms with Crippen LogP contribution >= 0.6 is 0 Å². The van der Waals surface area contributed by atoms with Gasteiger partial charge < -0.3 is 10.6 Å². The molecule has 21 heavy (non-hydrogen) atoms. The van der Waals surface area contributed by atoms with Crippen LogP contribution in [-0.4, -0.2) is 52.7 Å². The van der Waals surface area contributed by atoms with Crippen molar-refractivity contribution in [3.63, 3.8) is 0 Å². The standard InChI is InChI=1S/C14H25N5O2/c1-6-15-12(20)8-19(7-2)9-13(21)16-14-10(3)17-18(5)11(14)4/h6-9H2,1-5H3,(H,15,20)(H,16,21). The predicted octanol–water partition coefficient (Wildman–Crippen LogP) is 0.433. The van der Waals surface area contributed by atoms with Gasteiger partial charge in [0.2, 0.25) is 11.8 Å². The van der Waals surface area contributed by atoms with E-state index in [1.165, 1.54) is 0 Å². The van der Waals surface area contributed by atoms with Crippen LogP contribution in [0.25, 0.3) is 0 Å². The van der Waals surface area contributed by atoms with Crippen molar-refractivity contribution in [2.75, 3.05) is 31.5 Å². The number of aromatic nitrogens is 2. The smallest absolute Gasteiger partial charge is 0.238 e. The number of hydrogen-bond donors (Lipinski definition) is 2. The number of nitrogens with one attached hydrogen (secondary N) is 2. The van der Waals surface area contributed by atoms with Gasteiger partial charge in [0.25, 0.3) is 0 Å². The number of aryl methyl sites for hydroxylation is 2. The summed E-state index contributed by atoms with van der Waals surface area (Å²) in [7, 11) is 1.84. The number of amides is 2. The highest BCUT2D eigenvalue weighted by atomic mass is 16.2. The zero-order valence-corrected chi connectivity index (χ0v) is 13.5. The molecule has 0 radical (unpaired) electrons. The Labute approximate surface area is 125 Å². The molecular weight excluding hydrogens is 270 g/mol. The molecule has 0 unspecified atom stereocenters. The van der Waals surface area contributed by atoms with Gasteiger partial charge in [-0.1, -0.05) is 6.92 Å². The highest BCUT2D eigenvalue weighted by Crippen LogP contribution is 2.18. The van der Waals surface area contributed by atoms with Crippen molar-refractivity contribution in [1.82, 2.24) is 20.0 Å². The molecule has 0 saturated heterocycles. The molecule has 2 N–H and O–H groups in total. The maximum atomic E-state index is 12.1. The minimum atomic E-state index is -0.139. The number of carbonyl (C=O) groups excluding carboxylic acids is 2. The third-order valence-corrected chi connectivity index (χ3v) is 3.33. The first kappa shape index (κ1) is 17.2. The second kappa shape index (κ2) is 7.78. The minimum absolute atomic E-state index is 0.0686. The summed E-state index contributed by atoms with van der Waals surface area (Å²) in [6.07, 6.45) is 0. The molecule has 0 spiro atoms. The summed E-state index contributed by atoms with van der Waals surface area (Å²) in [4.78, 5) is 25.5. The van der Waals surface area contributed by atoms with Gasteiger partial charge in [0.1, 0.15) is 0 Å². The lowest BCUT2D eigenvalue weighted by molar-refractivity contribution is -0.123. The summed E-state index contributed by atoms with van der Waals surface area (Å²) < 4.78 is 1.73. The molecule has 0 aliphatic heterocycles. The fourth-order valence-corrected chi connectivity index (χ4v) is 2.07. The number of hydrogen-bond acceptors (Lipinski definition) is 4. The van der Waals surface area contributed by atoms with Gasteiger partial charge in [-0.15, -0.1) is 0 Å². The third kappa shape index (κ3) is 4.86. The van der Waals surface area contributed by atoms with Crippen LogP contribution in [0.2, 0.25) is 0 Å². The summed E-state index contributed by atoms with van der Waals surface area (Å²) in [5.41, 5.74) is 2.44. The summed E-state index contributed by atoms with van der Waals surface area (Å²) >= 11 is 0. The van der Waals surface area contributed by atoms with E-state index in [4.69, 9.17) is 0 Å². The van der Waals surface area contributed by atoms with Gasteiger partial charge in [0.15, 0.2) is 0 Å². The van der Waals surface area contributed by atoms with Gasteiger partial charge in [-0.2, -0.15) is 5.10 Å². The summed E-state index contributed by atoms with van der Waals surface area (Å²) in [6, 6.07) is 0. The van der Waals surface area contributed by atoms with E-state index in [1.807, 2.05) is 34.7 Å². The molecule has 7 heteroatoms. The first-order chi connectivity index (χ1) is 9.88. The molecule has 1 aromatic rings. The Kier molecular flexibility index (Phi) is 6.36. The van der Waals surface area contributed by atoms with Crippen LogP contribution in [0.1, 0.15) is 25.2 Å². The number of nitrogens with zero attached hydrogens (tertiary/aromatic N) is 3. The van der Waals surface area contributed by atoms with E-state index in [1.54, 1.807) is 9.58 Å². The summed E-state index contributed by atoms with van der Waals surface area (Å²) in [6.45, 7) is 9.19. The van der Waals surface area contributed by atoms with Crippen LogP contribution in [0, 0.1) is 13.8 Å². The topological polar surface area (TPSA) is 79.3 Å². The molecule has 0 fully saturated rings. The third-order valence-electron chi connectivity index (χ3n) is 3.33. The Morgan fingerprint density at radius 3 is 2.29 bits per heavy atom. The molecule has 0 saturated carbocycles. The molecule has 7 nitrogen and oxygen atoms in total. The molecule has 0 aromatic carbocycles. The second-order valence-electron chi connectivity index (χ2n) is 4.97. The Morgan fingerprint density at radius 2 is 1.81 bits per heavy atom. The van der Waals surface area contributed by atoms with Crippen molar-refractivity contribution < 1.29 is 9.59 Å². The molecule has 0 bridgehead atoms. The van der Waals surface area contributed by atoms with Gasteiger partial charge in [0, 0.05) is 13.6 Å². The lowest BCUT2D eigenvalue weighted by Gasteiger charge is -2.19. The van der Waals surface area contributed by atoms with E-state index < -0.39 is 0 Å². The molecule has 0 atom stereocenters. The highest BCUT2D eigenvalue weighted by molar-refractivity contribution is 5.93. The molecular formula is C14H25N5O2. The zero-order chi connectivity index (χ0) is 16.0. The van der Waals surface area contributed by atoms with Gasteiger partial charge in [-0.25, -0.2) is 0 Å². The van der Waals surface area contributed by atoms with Crippen LogP contribution < -0.4 is 10.6 Å². The zero-order valence-electron chi connectivity index (χ0n) is 13.5. The number of anilines is 1. The number of carbonyl (C=O) groups is 2. The van der Waals surface area contributed by atoms with Gasteiger partial charge in [-0.3, -0.25) is 19.2 Å². The van der Waals surface area contributed by atoms with Crippen LogP contribution in [0.3, 0.4) is 0 Å². The molecule has 0 aliphatic rings. The molecule has 118 valence electrons. The molecule has 2 amide bonds. The van der Waals surface area contributed by atoms with Gasteiger partial charge >= 0.3 is 0 Å². The van der Waals surface area contributed by atoms with Crippen LogP contribution in [-0.2, 0) is 16.6 Å². The maximum absolute atomic E-state index is 12.1. The molecule has 1 heterocycles. The molecule has 0 aliphatic carbocycles. The quantitative estimate of drug-likeness (QED) is 0.765. The van der Waals surface area contributed by atoms with Crippen molar-refractivity contribution in [3.05, 3.63) is 11.4 Å². The van der Waals surface area contributed by atoms with Gasteiger partial charge in [0.05, 0.1) is 30.2 Å². The van der Waals surface area contributed by atoms with Crippen molar-refractivity contribution in [2.45, 2.75) is 27.7 Å². The van der Waals surface area contributed by atoms with E-state index >= 15 is 0 Å². The summed E-state index contributed by atoms with van der Waals surface area (Å²) in [5, 5.41) is 9.86. The first-order valence-corrected chi connectivity index (χ1v) is 7.18. The average Bonchev–Trinajstić information content (AvgIpc) is 2.65. The number of likely N-dealkylation sites (N-methyl/N-ethyl adjacent to an activating group) is 2. The second-order valence-corrected chi connectivity index (χ2v) is 4.97. The Hall–Kier alpha value is -1.89. The fourth-order valence-electron chi connectivity index (χ4n) is 2.07. The van der Waals surface area contributed by atoms with Gasteiger partial charge in [-0.05, 0) is 27.3 Å². The van der Waals surface area contributed by atoms with E-state index in [0.29, 0.717) is 13.1 Å². The van der Waals surface area contributed by atoms with E-state index in [2.05, 4.69) is 15.7 Å². The number of rotatable bonds is 7. The van der Waals surface area contributed by atoms with Crippen molar-refractivity contribution in [1.29, 1.82) is 0 Å². The van der Waals surface area contributed by atoms with E-state index in [9.17, 15) is 9.59 Å². The van der Waals surface area contributed by atoms with Crippen molar-refractivity contribution in [2.24, 2.45) is 7.05 Å². The summed E-state index contributed by atoms with van der Waals surface area (Å²) in [5.74, 6) is -0.207. The van der Waals surface area contributed by atoms with E-state index in [-0.39, 0.29) is 24.9 Å². The predicted molar refractivity (Wildman–Crippen MR) is 82.1 cm³/mol. The Balaban J connectivity index is 2.60. The first-order valence-electron chi connectivity index (χ1n) is 7.18. The van der Waals surface area contributed by atoms with E-state index in [0.717, 1.165) is 17.1 Å². The fraction of sp³-hybridized carbons (Fsp3) is 0.643. The highest BCUT2D eigenvalue weighted by Gasteiger charge is 2.16. The lowest BCUT2D eigenvalue weighted by Crippen LogP contribution is -2.41. The normalized spacial score (nSPS) is 10.8. The van der Waals surface area contributed by atoms with Crippen LogP contribution in [0.4, 0.5) is 5.69 Å². The Bertz CT molecular complexity index is 510. The van der Waals surface area contributed by atoms with Crippen molar-refractivity contribution >= 4 is 17.5 Å². The lowest BCUT2D eigenvalue weighted by atomic mass is 10.3. The largest absolute Gasteiger partial charge is 0.355 e. The monoisotopic (exact) mass is 295 g/mol. The average molecular weight is 295 g/mol. The Morgan fingerprint density at radius 1 is 1.19 bits per heavy atom. The molecule has 1 aromatic heterocycles. The molecule has 1 rings (SSSR count). The maximum Gasteiger partial charge on any atom is 0.238 e. The van der Waals surface area contributed by atoms with Crippen LogP contribution in [0.15, 0.2) is 0 Å². The van der Waals surface area contributed by atoms with Crippen molar-refractivity contribution in [3.8, 4) is 0 Å².